The number of hydrogen-bond acceptors (Lipinski definition) is 4. The van der Waals surface area contributed by atoms with Crippen molar-refractivity contribution in [1.29, 1.82) is 0 Å². The number of hydrogen-bond donors (Lipinski definition) is 2. The van der Waals surface area contributed by atoms with Gasteiger partial charge in [-0.1, -0.05) is 38.4 Å². The maximum absolute atomic E-state index is 13.2. The minimum Gasteiger partial charge on any atom is -0.393 e. The summed E-state index contributed by atoms with van der Waals surface area (Å²) in [6.07, 6.45) is 9.95. The Bertz CT molecular complexity index is 1080. The molecule has 1 aliphatic heterocycles. The number of anilines is 1. The van der Waals surface area contributed by atoms with Crippen LogP contribution in [0.5, 0.6) is 0 Å². The lowest BCUT2D eigenvalue weighted by Gasteiger charge is -2.62. The Kier molecular flexibility index (Phi) is 7.98. The van der Waals surface area contributed by atoms with E-state index in [1.165, 1.54) is 25.7 Å². The number of aliphatic hydroxyl groups is 2. The fourth-order valence-corrected chi connectivity index (χ4v) is 11.0. The molecule has 2 N–H and O–H groups in total. The van der Waals surface area contributed by atoms with Crippen LogP contribution in [0.25, 0.3) is 0 Å². The van der Waals surface area contributed by atoms with Crippen molar-refractivity contribution >= 4 is 23.2 Å². The highest BCUT2D eigenvalue weighted by molar-refractivity contribution is 6.30. The van der Waals surface area contributed by atoms with Crippen molar-refractivity contribution in [2.75, 3.05) is 31.1 Å². The van der Waals surface area contributed by atoms with Crippen LogP contribution < -0.4 is 4.90 Å². The van der Waals surface area contributed by atoms with E-state index in [9.17, 15) is 15.0 Å². The van der Waals surface area contributed by atoms with Crippen LogP contribution in [-0.2, 0) is 4.79 Å². The molecule has 4 saturated carbocycles. The normalized spacial score (nSPS) is 42.1. The largest absolute Gasteiger partial charge is 0.393 e. The third-order valence-electron chi connectivity index (χ3n) is 13.0. The lowest BCUT2D eigenvalue weighted by Crippen LogP contribution is -2.58. The highest BCUT2D eigenvalue weighted by Gasteiger charge is 2.62. The van der Waals surface area contributed by atoms with Gasteiger partial charge in [0.05, 0.1) is 12.2 Å². The van der Waals surface area contributed by atoms with Gasteiger partial charge in [-0.3, -0.25) is 4.79 Å². The smallest absolute Gasteiger partial charge is 0.222 e. The van der Waals surface area contributed by atoms with Gasteiger partial charge in [0.15, 0.2) is 0 Å². The number of amides is 1. The lowest BCUT2D eigenvalue weighted by atomic mass is 9.43. The van der Waals surface area contributed by atoms with E-state index in [0.29, 0.717) is 47.8 Å². The van der Waals surface area contributed by atoms with E-state index in [4.69, 9.17) is 11.6 Å². The van der Waals surface area contributed by atoms with Crippen molar-refractivity contribution in [1.82, 2.24) is 4.90 Å². The van der Waals surface area contributed by atoms with Gasteiger partial charge in [0.2, 0.25) is 5.91 Å². The first-order chi connectivity index (χ1) is 19.1. The van der Waals surface area contributed by atoms with E-state index >= 15 is 0 Å². The molecule has 5 aliphatic rings. The zero-order valence-corrected chi connectivity index (χ0v) is 25.7. The Balaban J connectivity index is 1.05. The van der Waals surface area contributed by atoms with Crippen LogP contribution in [0, 0.1) is 46.3 Å². The molecule has 1 aromatic rings. The minimum absolute atomic E-state index is 0.179. The standard InChI is InChI=1S/C34H51ClN2O3/c1-22(7-10-31(40)37-17-15-36(16-18-37)25-6-4-5-24(35)21-25)27-8-9-28-32-29(12-14-34(27,28)3)33(2)13-11-26(38)19-23(33)20-30(32)39/h4-6,21-23,26-30,32,38-39H,7-20H2,1-3H3/t22-,23+,26-,27-,28+,29+,30+,32+,33+,34-/m1/s1. The summed E-state index contributed by atoms with van der Waals surface area (Å²) in [6, 6.07) is 8.00. The first-order valence-electron chi connectivity index (χ1n) is 16.2. The van der Waals surface area contributed by atoms with Gasteiger partial charge in [-0.15, -0.1) is 0 Å². The number of aliphatic hydroxyl groups excluding tert-OH is 2. The summed E-state index contributed by atoms with van der Waals surface area (Å²) in [7, 11) is 0. The Hall–Kier alpha value is -1.30. The molecule has 10 atom stereocenters. The molecule has 0 bridgehead atoms. The molecule has 1 aromatic carbocycles. The van der Waals surface area contributed by atoms with Crippen LogP contribution in [0.1, 0.15) is 85.0 Å². The van der Waals surface area contributed by atoms with Crippen LogP contribution in [-0.4, -0.2) is 59.4 Å². The van der Waals surface area contributed by atoms with Crippen molar-refractivity contribution in [3.63, 3.8) is 0 Å². The average Bonchev–Trinajstić information content (AvgIpc) is 3.30. The highest BCUT2D eigenvalue weighted by atomic mass is 35.5. The average molecular weight is 571 g/mol. The van der Waals surface area contributed by atoms with Gasteiger partial charge < -0.3 is 20.0 Å². The maximum atomic E-state index is 13.2. The van der Waals surface area contributed by atoms with Gasteiger partial charge in [0, 0.05) is 43.3 Å². The summed E-state index contributed by atoms with van der Waals surface area (Å²) in [4.78, 5) is 17.6. The number of benzene rings is 1. The molecule has 0 aromatic heterocycles. The van der Waals surface area contributed by atoms with E-state index in [-0.39, 0.29) is 23.0 Å². The molecule has 5 fully saturated rings. The summed E-state index contributed by atoms with van der Waals surface area (Å²) in [5.41, 5.74) is 1.68. The van der Waals surface area contributed by atoms with Crippen molar-refractivity contribution < 1.29 is 15.0 Å². The van der Waals surface area contributed by atoms with Crippen LogP contribution in [0.15, 0.2) is 24.3 Å². The van der Waals surface area contributed by atoms with Gasteiger partial charge in [-0.25, -0.2) is 0 Å². The monoisotopic (exact) mass is 570 g/mol. The van der Waals surface area contributed by atoms with E-state index in [0.717, 1.165) is 69.0 Å². The molecule has 1 heterocycles. The lowest BCUT2D eigenvalue weighted by molar-refractivity contribution is -0.174. The molecule has 0 spiro atoms. The number of carbonyl (C=O) groups excluding carboxylic acids is 1. The summed E-state index contributed by atoms with van der Waals surface area (Å²) < 4.78 is 0. The summed E-state index contributed by atoms with van der Waals surface area (Å²) in [5.74, 6) is 3.52. The number of fused-ring (bicyclic) bond motifs is 5. The zero-order valence-electron chi connectivity index (χ0n) is 24.9. The van der Waals surface area contributed by atoms with Crippen molar-refractivity contribution in [3.8, 4) is 0 Å². The second-order valence-electron chi connectivity index (χ2n) is 14.8. The number of halogens is 1. The molecule has 4 aliphatic carbocycles. The summed E-state index contributed by atoms with van der Waals surface area (Å²) in [6.45, 7) is 10.7. The Morgan fingerprint density at radius 2 is 1.73 bits per heavy atom. The summed E-state index contributed by atoms with van der Waals surface area (Å²) >= 11 is 6.19. The molecule has 0 radical (unpaired) electrons. The van der Waals surface area contributed by atoms with E-state index in [1.807, 2.05) is 18.2 Å². The molecule has 222 valence electrons. The van der Waals surface area contributed by atoms with Gasteiger partial charge in [0.1, 0.15) is 0 Å². The third-order valence-corrected chi connectivity index (χ3v) is 13.3. The zero-order chi connectivity index (χ0) is 28.2. The van der Waals surface area contributed by atoms with Crippen molar-refractivity contribution in [2.45, 2.75) is 97.2 Å². The van der Waals surface area contributed by atoms with Gasteiger partial charge >= 0.3 is 0 Å². The number of piperazine rings is 1. The van der Waals surface area contributed by atoms with Crippen LogP contribution in [0.3, 0.4) is 0 Å². The molecule has 6 heteroatoms. The fourth-order valence-electron chi connectivity index (χ4n) is 10.8. The minimum atomic E-state index is -0.223. The van der Waals surface area contributed by atoms with Gasteiger partial charge in [-0.05, 0) is 122 Å². The quantitative estimate of drug-likeness (QED) is 0.430. The second kappa shape index (κ2) is 11.1. The van der Waals surface area contributed by atoms with Crippen LogP contribution >= 0.6 is 11.6 Å². The third kappa shape index (κ3) is 5.00. The van der Waals surface area contributed by atoms with E-state index < -0.39 is 0 Å². The SMILES string of the molecule is C[C@H](CCC(=O)N1CCN(c2cccc(Cl)c2)CC1)[C@H]1CC[C@H]2[C@@H]3[C@@H](O)C[C@@H]4C[C@H](O)CC[C@]4(C)[C@H]3CC[C@]12C. The highest BCUT2D eigenvalue weighted by Crippen LogP contribution is 2.68. The number of nitrogens with zero attached hydrogens (tertiary/aromatic N) is 2. The van der Waals surface area contributed by atoms with Crippen molar-refractivity contribution in [3.05, 3.63) is 29.3 Å². The van der Waals surface area contributed by atoms with E-state index in [2.05, 4.69) is 36.6 Å². The first kappa shape index (κ1) is 28.8. The molecule has 40 heavy (non-hydrogen) atoms. The number of rotatable bonds is 5. The van der Waals surface area contributed by atoms with Crippen molar-refractivity contribution in [2.24, 2.45) is 46.3 Å². The molecule has 5 nitrogen and oxygen atoms in total. The second-order valence-corrected chi connectivity index (χ2v) is 15.3. The van der Waals surface area contributed by atoms with Crippen LogP contribution in [0.2, 0.25) is 5.02 Å². The van der Waals surface area contributed by atoms with Gasteiger partial charge in [0.25, 0.3) is 0 Å². The Morgan fingerprint density at radius 3 is 2.48 bits per heavy atom. The maximum Gasteiger partial charge on any atom is 0.222 e. The predicted molar refractivity (Wildman–Crippen MR) is 161 cm³/mol. The Labute approximate surface area is 246 Å². The predicted octanol–water partition coefficient (Wildman–Crippen LogP) is 6.40. The molecular formula is C34H51ClN2O3. The Morgan fingerprint density at radius 1 is 1.00 bits per heavy atom. The number of carbonyl (C=O) groups is 1. The van der Waals surface area contributed by atoms with Gasteiger partial charge in [-0.2, -0.15) is 0 Å². The van der Waals surface area contributed by atoms with Crippen LogP contribution in [0.4, 0.5) is 5.69 Å². The topological polar surface area (TPSA) is 64.0 Å². The molecule has 6 rings (SSSR count). The summed E-state index contributed by atoms with van der Waals surface area (Å²) in [5, 5.41) is 22.6. The first-order valence-corrected chi connectivity index (χ1v) is 16.6. The molecule has 0 unspecified atom stereocenters. The fraction of sp³-hybridized carbons (Fsp3) is 0.794. The molecule has 1 saturated heterocycles. The van der Waals surface area contributed by atoms with E-state index in [1.54, 1.807) is 0 Å². The molecule has 1 amide bonds. The molecular weight excluding hydrogens is 520 g/mol.